The number of amidine groups is 2. The third kappa shape index (κ3) is 4.50. The summed E-state index contributed by atoms with van der Waals surface area (Å²) >= 11 is 1.30. The minimum Gasteiger partial charge on any atom is -0.465 e. The monoisotopic (exact) mass is 488 g/mol. The second-order valence-electron chi connectivity index (χ2n) is 8.62. The van der Waals surface area contributed by atoms with Gasteiger partial charge in [0.2, 0.25) is 0 Å². The highest BCUT2D eigenvalue weighted by Crippen LogP contribution is 2.36. The fourth-order valence-electron chi connectivity index (χ4n) is 4.50. The molecule has 0 bridgehead atoms. The Morgan fingerprint density at radius 1 is 1.17 bits per heavy atom. The van der Waals surface area contributed by atoms with Crippen LogP contribution in [-0.4, -0.2) is 50.7 Å². The Hall–Kier alpha value is -3.39. The molecule has 8 heteroatoms. The third-order valence-electron chi connectivity index (χ3n) is 6.25. The molecule has 2 aromatic carbocycles. The predicted octanol–water partition coefficient (Wildman–Crippen LogP) is 5.22. The van der Waals surface area contributed by atoms with Gasteiger partial charge in [0, 0.05) is 29.1 Å². The number of esters is 1. The van der Waals surface area contributed by atoms with E-state index in [0.717, 1.165) is 40.6 Å². The van der Waals surface area contributed by atoms with Gasteiger partial charge in [0.05, 0.1) is 12.3 Å². The van der Waals surface area contributed by atoms with E-state index < -0.39 is 11.3 Å². The number of nitrogens with one attached hydrogen (secondary N) is 1. The predicted molar refractivity (Wildman–Crippen MR) is 140 cm³/mol. The number of carbonyl (C=O) groups excluding carboxylic acids is 2. The summed E-state index contributed by atoms with van der Waals surface area (Å²) in [4.78, 5) is 41.0. The van der Waals surface area contributed by atoms with E-state index in [-0.39, 0.29) is 11.9 Å². The number of ether oxygens (including phenoxy) is 1. The Kier molecular flexibility index (Phi) is 6.72. The quantitative estimate of drug-likeness (QED) is 0.440. The number of aromatic amines is 1. The van der Waals surface area contributed by atoms with Crippen molar-refractivity contribution in [1.29, 1.82) is 0 Å². The zero-order valence-corrected chi connectivity index (χ0v) is 20.7. The van der Waals surface area contributed by atoms with E-state index in [1.807, 2.05) is 48.7 Å². The number of rotatable bonds is 8. The number of benzene rings is 2. The Morgan fingerprint density at radius 2 is 1.97 bits per heavy atom. The number of amides is 1. The first kappa shape index (κ1) is 23.4. The topological polar surface area (TPSA) is 87.1 Å². The molecule has 3 heterocycles. The second-order valence-corrected chi connectivity index (χ2v) is 9.79. The molecule has 7 nitrogen and oxygen atoms in total. The van der Waals surface area contributed by atoms with Crippen LogP contribution in [0.4, 0.5) is 5.69 Å². The average Bonchev–Trinajstić information content (AvgIpc) is 3.43. The minimum absolute atomic E-state index is 0.121. The summed E-state index contributed by atoms with van der Waals surface area (Å²) < 4.78 is 5.33. The van der Waals surface area contributed by atoms with E-state index in [1.165, 1.54) is 11.8 Å². The minimum atomic E-state index is -0.558. The molecule has 2 atom stereocenters. The molecule has 1 amide bonds. The van der Waals surface area contributed by atoms with Gasteiger partial charge in [-0.05, 0) is 37.1 Å². The number of aliphatic imine (C=N–C) groups is 2. The molecular formula is C27H28N4O3S. The van der Waals surface area contributed by atoms with Gasteiger partial charge in [-0.3, -0.25) is 14.6 Å². The Morgan fingerprint density at radius 3 is 2.80 bits per heavy atom. The Balaban J connectivity index is 1.48. The summed E-state index contributed by atoms with van der Waals surface area (Å²) in [6.45, 7) is 4.21. The number of carbonyl (C=O) groups is 2. The van der Waals surface area contributed by atoms with Gasteiger partial charge >= 0.3 is 5.97 Å². The van der Waals surface area contributed by atoms with Crippen molar-refractivity contribution in [2.75, 3.05) is 6.61 Å². The Labute approximate surface area is 208 Å². The molecule has 1 N–H and O–H groups in total. The summed E-state index contributed by atoms with van der Waals surface area (Å²) in [5, 5.41) is 1.15. The van der Waals surface area contributed by atoms with Crippen LogP contribution >= 0.6 is 11.8 Å². The highest BCUT2D eigenvalue weighted by Gasteiger charge is 2.42. The van der Waals surface area contributed by atoms with Gasteiger partial charge in [-0.15, -0.1) is 0 Å². The molecule has 0 saturated heterocycles. The fraction of sp³-hybridized carbons (Fsp3) is 0.333. The van der Waals surface area contributed by atoms with Crippen LogP contribution in [0.2, 0.25) is 0 Å². The lowest BCUT2D eigenvalue weighted by Crippen LogP contribution is -2.42. The summed E-state index contributed by atoms with van der Waals surface area (Å²) in [7, 11) is 0. The molecule has 2 aliphatic rings. The number of para-hydroxylation sites is 2. The Bertz CT molecular complexity index is 1330. The van der Waals surface area contributed by atoms with Crippen molar-refractivity contribution in [1.82, 2.24) is 9.88 Å². The van der Waals surface area contributed by atoms with Gasteiger partial charge in [0.25, 0.3) is 5.91 Å². The summed E-state index contributed by atoms with van der Waals surface area (Å²) in [6, 6.07) is 15.2. The number of fused-ring (bicyclic) bond motifs is 4. The lowest BCUT2D eigenvalue weighted by molar-refractivity contribution is -0.142. The van der Waals surface area contributed by atoms with Crippen molar-refractivity contribution in [2.24, 2.45) is 9.98 Å². The van der Waals surface area contributed by atoms with Gasteiger partial charge < -0.3 is 9.72 Å². The van der Waals surface area contributed by atoms with E-state index in [0.29, 0.717) is 30.5 Å². The normalized spacial score (nSPS) is 17.6. The van der Waals surface area contributed by atoms with Gasteiger partial charge in [-0.1, -0.05) is 61.9 Å². The zero-order chi connectivity index (χ0) is 24.4. The number of nitrogens with zero attached hydrogens (tertiary/aromatic N) is 3. The van der Waals surface area contributed by atoms with Gasteiger partial charge in [-0.2, -0.15) is 0 Å². The molecule has 0 fully saturated rings. The maximum absolute atomic E-state index is 13.7. The third-order valence-corrected chi connectivity index (χ3v) is 7.45. The summed E-state index contributed by atoms with van der Waals surface area (Å²) in [6.07, 6.45) is 4.95. The van der Waals surface area contributed by atoms with Gasteiger partial charge in [0.1, 0.15) is 17.1 Å². The van der Waals surface area contributed by atoms with Crippen LogP contribution in [-0.2, 0) is 20.7 Å². The van der Waals surface area contributed by atoms with Gasteiger partial charge in [-0.25, -0.2) is 9.89 Å². The van der Waals surface area contributed by atoms with E-state index in [2.05, 4.69) is 18.0 Å². The van der Waals surface area contributed by atoms with Crippen LogP contribution in [0.5, 0.6) is 0 Å². The number of aromatic nitrogens is 1. The van der Waals surface area contributed by atoms with Crippen molar-refractivity contribution in [2.45, 2.75) is 50.8 Å². The van der Waals surface area contributed by atoms with E-state index in [4.69, 9.17) is 14.7 Å². The first-order valence-electron chi connectivity index (χ1n) is 12.1. The zero-order valence-electron chi connectivity index (χ0n) is 19.9. The smallest absolute Gasteiger partial charge is 0.319 e. The van der Waals surface area contributed by atoms with Crippen LogP contribution in [0.25, 0.3) is 10.9 Å². The van der Waals surface area contributed by atoms with Crippen molar-refractivity contribution >= 4 is 51.2 Å². The standard InChI is InChI=1S/C27H28N4O3S/c1-3-5-14-23(26(33)34-4-2)35-27-30-21-13-9-7-11-19(21)24-29-22(25(32)31(24)27)15-17-16-28-20-12-8-6-10-18(17)20/h6-13,16,22-23,28H,3-5,14-15H2,1-2H3/t22-,23+/m1/s1. The number of hydrogen-bond donors (Lipinski definition) is 1. The van der Waals surface area contributed by atoms with Crippen molar-refractivity contribution < 1.29 is 14.3 Å². The molecule has 1 aromatic heterocycles. The fourth-order valence-corrected chi connectivity index (χ4v) is 5.64. The number of H-pyrrole nitrogens is 1. The highest BCUT2D eigenvalue weighted by molar-refractivity contribution is 8.15. The first-order chi connectivity index (χ1) is 17.1. The van der Waals surface area contributed by atoms with Crippen LogP contribution in [0.3, 0.4) is 0 Å². The lowest BCUT2D eigenvalue weighted by atomic mass is 10.1. The second kappa shape index (κ2) is 10.1. The number of thioether (sulfide) groups is 1. The van der Waals surface area contributed by atoms with Crippen LogP contribution in [0, 0.1) is 0 Å². The largest absolute Gasteiger partial charge is 0.465 e. The SMILES string of the molecule is CCCC[C@H](SC1=Nc2ccccc2C2=N[C@H](Cc3c[nH]c4ccccc34)C(=O)N12)C(=O)OCC. The van der Waals surface area contributed by atoms with Crippen LogP contribution < -0.4 is 0 Å². The molecule has 5 rings (SSSR count). The maximum Gasteiger partial charge on any atom is 0.319 e. The van der Waals surface area contributed by atoms with Crippen LogP contribution in [0.15, 0.2) is 64.7 Å². The summed E-state index contributed by atoms with van der Waals surface area (Å²) in [5.74, 6) is 0.211. The van der Waals surface area contributed by atoms with Crippen molar-refractivity contribution in [3.8, 4) is 0 Å². The molecule has 2 aliphatic heterocycles. The first-order valence-corrected chi connectivity index (χ1v) is 13.0. The highest BCUT2D eigenvalue weighted by atomic mass is 32.2. The van der Waals surface area contributed by atoms with Gasteiger partial charge in [0.15, 0.2) is 5.17 Å². The molecule has 3 aromatic rings. The van der Waals surface area contributed by atoms with E-state index in [9.17, 15) is 9.59 Å². The number of unbranched alkanes of at least 4 members (excludes halogenated alkanes) is 1. The molecule has 0 radical (unpaired) electrons. The lowest BCUT2D eigenvalue weighted by Gasteiger charge is -2.27. The van der Waals surface area contributed by atoms with Crippen molar-refractivity contribution in [3.63, 3.8) is 0 Å². The molecule has 35 heavy (non-hydrogen) atoms. The molecule has 180 valence electrons. The number of hydrogen-bond acceptors (Lipinski definition) is 6. The van der Waals surface area contributed by atoms with E-state index >= 15 is 0 Å². The molecule has 0 saturated carbocycles. The molecule has 0 spiro atoms. The van der Waals surface area contributed by atoms with Crippen LogP contribution in [0.1, 0.15) is 44.2 Å². The molecule has 0 aliphatic carbocycles. The van der Waals surface area contributed by atoms with E-state index in [1.54, 1.807) is 11.8 Å². The molecular weight excluding hydrogens is 460 g/mol. The maximum atomic E-state index is 13.7. The average molecular weight is 489 g/mol. The van der Waals surface area contributed by atoms with Crippen molar-refractivity contribution in [3.05, 3.63) is 65.9 Å². The molecule has 0 unspecified atom stereocenters. The summed E-state index contributed by atoms with van der Waals surface area (Å²) in [5.41, 5.74) is 3.67.